The highest BCUT2D eigenvalue weighted by atomic mass is 15.2. The highest BCUT2D eigenvalue weighted by molar-refractivity contribution is 4.99. The van der Waals surface area contributed by atoms with Crippen molar-refractivity contribution in [2.45, 2.75) is 63.6 Å². The molecule has 0 spiro atoms. The molecule has 0 amide bonds. The van der Waals surface area contributed by atoms with Crippen LogP contribution in [0.2, 0.25) is 0 Å². The molecular weight excluding hydrogens is 196 g/mol. The van der Waals surface area contributed by atoms with Crippen LogP contribution < -0.4 is 5.32 Å². The minimum Gasteiger partial charge on any atom is -0.317 e. The first kappa shape index (κ1) is 12.0. The third kappa shape index (κ3) is 2.59. The van der Waals surface area contributed by atoms with Gasteiger partial charge in [0.2, 0.25) is 0 Å². The van der Waals surface area contributed by atoms with Crippen LogP contribution in [0.4, 0.5) is 0 Å². The van der Waals surface area contributed by atoms with Gasteiger partial charge in [-0.1, -0.05) is 6.42 Å². The molecule has 0 aromatic rings. The van der Waals surface area contributed by atoms with E-state index in [0.29, 0.717) is 0 Å². The SMILES string of the molecule is CC#CCCN1C2CCCC1CC(NC)C2. The van der Waals surface area contributed by atoms with Crippen LogP contribution >= 0.6 is 0 Å². The Bertz CT molecular complexity index is 262. The Balaban J connectivity index is 1.94. The van der Waals surface area contributed by atoms with Gasteiger partial charge in [-0.15, -0.1) is 11.8 Å². The highest BCUT2D eigenvalue weighted by Crippen LogP contribution is 2.33. The second-order valence-electron chi connectivity index (χ2n) is 5.11. The van der Waals surface area contributed by atoms with Gasteiger partial charge >= 0.3 is 0 Å². The molecule has 2 nitrogen and oxygen atoms in total. The number of hydrogen-bond donors (Lipinski definition) is 1. The second kappa shape index (κ2) is 5.70. The first-order chi connectivity index (χ1) is 7.85. The molecular formula is C14H24N2. The predicted molar refractivity (Wildman–Crippen MR) is 68.3 cm³/mol. The molecule has 1 N–H and O–H groups in total. The maximum absolute atomic E-state index is 3.47. The van der Waals surface area contributed by atoms with Gasteiger partial charge in [0.1, 0.15) is 0 Å². The molecule has 2 aliphatic heterocycles. The Morgan fingerprint density at radius 2 is 1.94 bits per heavy atom. The summed E-state index contributed by atoms with van der Waals surface area (Å²) < 4.78 is 0. The van der Waals surface area contributed by atoms with Crippen LogP contribution in [-0.2, 0) is 0 Å². The molecule has 2 heteroatoms. The Morgan fingerprint density at radius 1 is 1.25 bits per heavy atom. The molecule has 16 heavy (non-hydrogen) atoms. The van der Waals surface area contributed by atoms with Crippen LogP contribution in [0.5, 0.6) is 0 Å². The van der Waals surface area contributed by atoms with Crippen LogP contribution in [-0.4, -0.2) is 36.6 Å². The van der Waals surface area contributed by atoms with E-state index in [2.05, 4.69) is 29.1 Å². The minimum absolute atomic E-state index is 0.754. The molecule has 2 fully saturated rings. The van der Waals surface area contributed by atoms with Crippen molar-refractivity contribution in [2.24, 2.45) is 0 Å². The van der Waals surface area contributed by atoms with E-state index in [1.807, 2.05) is 6.92 Å². The van der Waals surface area contributed by atoms with Gasteiger partial charge in [0.15, 0.2) is 0 Å². The van der Waals surface area contributed by atoms with Crippen LogP contribution in [0.15, 0.2) is 0 Å². The van der Waals surface area contributed by atoms with E-state index < -0.39 is 0 Å². The smallest absolute Gasteiger partial charge is 0.0217 e. The van der Waals surface area contributed by atoms with Gasteiger partial charge in [-0.3, -0.25) is 4.90 Å². The molecule has 0 aromatic carbocycles. The summed E-state index contributed by atoms with van der Waals surface area (Å²) >= 11 is 0. The van der Waals surface area contributed by atoms with Crippen LogP contribution in [0.1, 0.15) is 45.4 Å². The van der Waals surface area contributed by atoms with Crippen molar-refractivity contribution in [1.29, 1.82) is 0 Å². The lowest BCUT2D eigenvalue weighted by molar-refractivity contribution is 0.0280. The highest BCUT2D eigenvalue weighted by Gasteiger charge is 2.36. The lowest BCUT2D eigenvalue weighted by Gasteiger charge is -2.48. The van der Waals surface area contributed by atoms with Crippen LogP contribution in [0, 0.1) is 11.8 Å². The fourth-order valence-electron chi connectivity index (χ4n) is 3.39. The van der Waals surface area contributed by atoms with Gasteiger partial charge in [0.25, 0.3) is 0 Å². The van der Waals surface area contributed by atoms with E-state index >= 15 is 0 Å². The molecule has 0 aromatic heterocycles. The van der Waals surface area contributed by atoms with Crippen molar-refractivity contribution in [1.82, 2.24) is 10.2 Å². The maximum atomic E-state index is 3.47. The van der Waals surface area contributed by atoms with Gasteiger partial charge in [-0.25, -0.2) is 0 Å². The minimum atomic E-state index is 0.754. The van der Waals surface area contributed by atoms with Gasteiger partial charge in [0, 0.05) is 31.1 Å². The summed E-state index contributed by atoms with van der Waals surface area (Å²) in [6.45, 7) is 3.13. The van der Waals surface area contributed by atoms with Gasteiger partial charge in [0.05, 0.1) is 0 Å². The van der Waals surface area contributed by atoms with E-state index in [-0.39, 0.29) is 0 Å². The monoisotopic (exact) mass is 220 g/mol. The Hall–Kier alpha value is -0.520. The summed E-state index contributed by atoms with van der Waals surface area (Å²) in [7, 11) is 2.11. The van der Waals surface area contributed by atoms with Gasteiger partial charge in [-0.05, 0) is 39.7 Å². The summed E-state index contributed by atoms with van der Waals surface area (Å²) in [4.78, 5) is 2.74. The van der Waals surface area contributed by atoms with E-state index in [9.17, 15) is 0 Å². The van der Waals surface area contributed by atoms with Crippen LogP contribution in [0.25, 0.3) is 0 Å². The standard InChI is InChI=1S/C14H24N2/c1-3-4-5-9-16-13-7-6-8-14(16)11-12(10-13)15-2/h12-15H,5-11H2,1-2H3. The number of nitrogens with zero attached hydrogens (tertiary/aromatic N) is 1. The Morgan fingerprint density at radius 3 is 2.50 bits per heavy atom. The molecule has 2 unspecified atom stereocenters. The van der Waals surface area contributed by atoms with E-state index in [4.69, 9.17) is 0 Å². The van der Waals surface area contributed by atoms with E-state index in [1.54, 1.807) is 0 Å². The summed E-state index contributed by atoms with van der Waals surface area (Å²) in [5.41, 5.74) is 0. The third-order valence-electron chi connectivity index (χ3n) is 4.21. The quantitative estimate of drug-likeness (QED) is 0.732. The predicted octanol–water partition coefficient (Wildman–Crippen LogP) is 2.00. The van der Waals surface area contributed by atoms with E-state index in [0.717, 1.165) is 24.5 Å². The van der Waals surface area contributed by atoms with Gasteiger partial charge < -0.3 is 5.32 Å². The number of piperidine rings is 2. The molecule has 2 bridgehead atoms. The van der Waals surface area contributed by atoms with Gasteiger partial charge in [-0.2, -0.15) is 0 Å². The van der Waals surface area contributed by atoms with Crippen LogP contribution in [0.3, 0.4) is 0 Å². The molecule has 2 aliphatic rings. The zero-order chi connectivity index (χ0) is 11.4. The largest absolute Gasteiger partial charge is 0.317 e. The fraction of sp³-hybridized carbons (Fsp3) is 0.857. The van der Waals surface area contributed by atoms with Crippen molar-refractivity contribution in [3.63, 3.8) is 0 Å². The average Bonchev–Trinajstić information content (AvgIpc) is 2.28. The normalized spacial score (nSPS) is 34.2. The van der Waals surface area contributed by atoms with Crippen molar-refractivity contribution < 1.29 is 0 Å². The molecule has 2 rings (SSSR count). The first-order valence-corrected chi connectivity index (χ1v) is 6.67. The van der Waals surface area contributed by atoms with E-state index in [1.165, 1.54) is 38.6 Å². The van der Waals surface area contributed by atoms with Crippen molar-refractivity contribution >= 4 is 0 Å². The van der Waals surface area contributed by atoms with Crippen molar-refractivity contribution in [3.8, 4) is 11.8 Å². The maximum Gasteiger partial charge on any atom is 0.0217 e. The number of hydrogen-bond acceptors (Lipinski definition) is 2. The summed E-state index contributed by atoms with van der Waals surface area (Å²) in [5.74, 6) is 6.21. The molecule has 0 radical (unpaired) electrons. The average molecular weight is 220 g/mol. The lowest BCUT2D eigenvalue weighted by Crippen LogP contribution is -2.55. The lowest BCUT2D eigenvalue weighted by atomic mass is 9.81. The van der Waals surface area contributed by atoms with Crippen molar-refractivity contribution in [3.05, 3.63) is 0 Å². The fourth-order valence-corrected chi connectivity index (χ4v) is 3.39. The zero-order valence-corrected chi connectivity index (χ0v) is 10.6. The van der Waals surface area contributed by atoms with Crippen molar-refractivity contribution in [2.75, 3.05) is 13.6 Å². The first-order valence-electron chi connectivity index (χ1n) is 6.67. The third-order valence-corrected chi connectivity index (χ3v) is 4.21. The summed E-state index contributed by atoms with van der Waals surface area (Å²) in [6.07, 6.45) is 7.96. The molecule has 2 heterocycles. The number of nitrogens with one attached hydrogen (secondary N) is 1. The molecule has 0 aliphatic carbocycles. The summed E-state index contributed by atoms with van der Waals surface area (Å²) in [5, 5.41) is 3.47. The second-order valence-corrected chi connectivity index (χ2v) is 5.11. The molecule has 2 atom stereocenters. The Kier molecular flexibility index (Phi) is 4.26. The zero-order valence-electron chi connectivity index (χ0n) is 10.6. The molecule has 90 valence electrons. The molecule has 0 saturated carbocycles. The topological polar surface area (TPSA) is 15.3 Å². The molecule has 2 saturated heterocycles. The number of rotatable bonds is 3. The Labute approximate surface area is 99.8 Å². The summed E-state index contributed by atoms with van der Waals surface area (Å²) in [6, 6.07) is 2.40. The number of fused-ring (bicyclic) bond motifs is 2.